The zero-order valence-electron chi connectivity index (χ0n) is 31.3. The number of piperidine rings is 2. The van der Waals surface area contributed by atoms with Gasteiger partial charge in [-0.05, 0) is 84.4 Å². The molecule has 4 fully saturated rings. The van der Waals surface area contributed by atoms with Crippen LogP contribution in [0.15, 0.2) is 109 Å². The number of methoxy groups -OCH3 is 1. The summed E-state index contributed by atoms with van der Waals surface area (Å²) in [5.41, 5.74) is 7.59. The van der Waals surface area contributed by atoms with Gasteiger partial charge in [0.1, 0.15) is 17.7 Å². The van der Waals surface area contributed by atoms with Crippen LogP contribution in [0.4, 0.5) is 4.79 Å². The van der Waals surface area contributed by atoms with Gasteiger partial charge in [0.15, 0.2) is 0 Å². The van der Waals surface area contributed by atoms with E-state index >= 15 is 0 Å². The third-order valence-electron chi connectivity index (χ3n) is 12.5. The Bertz CT molecular complexity index is 2440. The fourth-order valence-corrected chi connectivity index (χ4v) is 9.26. The molecule has 2 aliphatic heterocycles. The van der Waals surface area contributed by atoms with Gasteiger partial charge < -0.3 is 29.8 Å². The van der Waals surface area contributed by atoms with Crippen molar-refractivity contribution in [3.05, 3.63) is 132 Å². The minimum Gasteiger partial charge on any atom is -0.453 e. The van der Waals surface area contributed by atoms with Crippen LogP contribution < -0.4 is 5.32 Å². The lowest BCUT2D eigenvalue weighted by Crippen LogP contribution is -2.44. The second-order valence-corrected chi connectivity index (χ2v) is 15.8. The van der Waals surface area contributed by atoms with Crippen molar-refractivity contribution >= 4 is 28.9 Å². The second kappa shape index (κ2) is 13.5. The molecule has 2 aliphatic carbocycles. The Morgan fingerprint density at radius 3 is 2.00 bits per heavy atom. The minimum atomic E-state index is -0.860. The van der Waals surface area contributed by atoms with Crippen molar-refractivity contribution in [1.82, 2.24) is 35.1 Å². The van der Waals surface area contributed by atoms with Crippen molar-refractivity contribution in [2.45, 2.75) is 68.7 Å². The molecule has 2 saturated heterocycles. The number of H-pyrrole nitrogens is 2. The van der Waals surface area contributed by atoms with Gasteiger partial charge in [0.25, 0.3) is 5.91 Å². The van der Waals surface area contributed by atoms with Crippen LogP contribution in [0.2, 0.25) is 0 Å². The number of nitrogens with zero attached hydrogens (tertiary/aromatic N) is 4. The first kappa shape index (κ1) is 34.3. The quantitative estimate of drug-likeness (QED) is 0.138. The summed E-state index contributed by atoms with van der Waals surface area (Å²) in [7, 11) is 1.30. The molecule has 4 heterocycles. The maximum atomic E-state index is 14.1. The van der Waals surface area contributed by atoms with Crippen LogP contribution >= 0.6 is 0 Å². The van der Waals surface area contributed by atoms with E-state index in [1.807, 2.05) is 78.7 Å². The Labute approximate surface area is 324 Å². The Morgan fingerprint density at radius 2 is 1.32 bits per heavy atom. The van der Waals surface area contributed by atoms with Crippen molar-refractivity contribution in [3.63, 3.8) is 0 Å². The molecular formula is C45H43N7O4. The van der Waals surface area contributed by atoms with E-state index in [1.54, 1.807) is 0 Å². The highest BCUT2D eigenvalue weighted by molar-refractivity contribution is 5.88. The number of alkyl carbamates (subject to hydrolysis) is 1. The molecule has 8 atom stereocenters. The molecule has 2 aromatic heterocycles. The Morgan fingerprint density at radius 1 is 0.714 bits per heavy atom. The van der Waals surface area contributed by atoms with Gasteiger partial charge in [-0.25, -0.2) is 14.8 Å². The molecule has 282 valence electrons. The first-order valence-corrected chi connectivity index (χ1v) is 19.6. The van der Waals surface area contributed by atoms with E-state index in [9.17, 15) is 14.4 Å². The second-order valence-electron chi connectivity index (χ2n) is 15.8. The first-order chi connectivity index (χ1) is 27.3. The van der Waals surface area contributed by atoms with Gasteiger partial charge >= 0.3 is 6.09 Å². The number of hydrogen-bond donors (Lipinski definition) is 3. The zero-order valence-corrected chi connectivity index (χ0v) is 31.3. The van der Waals surface area contributed by atoms with Crippen LogP contribution in [0.25, 0.3) is 33.4 Å². The number of amides is 3. The van der Waals surface area contributed by atoms with E-state index in [2.05, 4.69) is 62.6 Å². The summed E-state index contributed by atoms with van der Waals surface area (Å²) < 4.78 is 4.87. The number of likely N-dealkylation sites (tertiary alicyclic amines) is 2. The van der Waals surface area contributed by atoms with Gasteiger partial charge in [0.05, 0.1) is 48.0 Å². The van der Waals surface area contributed by atoms with Gasteiger partial charge in [-0.3, -0.25) is 9.59 Å². The lowest BCUT2D eigenvalue weighted by atomic mass is 9.99. The number of aromatic nitrogens is 4. The molecule has 6 aromatic rings. The molecule has 0 unspecified atom stereocenters. The lowest BCUT2D eigenvalue weighted by Gasteiger charge is -2.30. The summed E-state index contributed by atoms with van der Waals surface area (Å²) >= 11 is 0. The number of aromatic amines is 2. The maximum Gasteiger partial charge on any atom is 0.407 e. The first-order valence-electron chi connectivity index (χ1n) is 19.6. The maximum absolute atomic E-state index is 14.1. The Hall–Kier alpha value is -6.23. The number of benzene rings is 4. The lowest BCUT2D eigenvalue weighted by molar-refractivity contribution is -0.136. The normalized spacial score (nSPS) is 24.3. The summed E-state index contributed by atoms with van der Waals surface area (Å²) in [5.74, 6) is 2.38. The highest BCUT2D eigenvalue weighted by Gasteiger charge is 2.57. The molecule has 10 rings (SSSR count). The van der Waals surface area contributed by atoms with Crippen molar-refractivity contribution < 1.29 is 19.1 Å². The van der Waals surface area contributed by atoms with Crippen LogP contribution in [-0.4, -0.2) is 66.8 Å². The van der Waals surface area contributed by atoms with Gasteiger partial charge in [0.2, 0.25) is 5.91 Å². The predicted octanol–water partition coefficient (Wildman–Crippen LogP) is 7.84. The van der Waals surface area contributed by atoms with E-state index < -0.39 is 12.1 Å². The topological polar surface area (TPSA) is 136 Å². The molecule has 0 bridgehead atoms. The van der Waals surface area contributed by atoms with E-state index in [0.29, 0.717) is 23.4 Å². The molecule has 3 N–H and O–H groups in total. The highest BCUT2D eigenvalue weighted by atomic mass is 16.5. The number of fused-ring (bicyclic) bond motifs is 3. The predicted molar refractivity (Wildman–Crippen MR) is 211 cm³/mol. The number of imidazole rings is 2. The monoisotopic (exact) mass is 745 g/mol. The van der Waals surface area contributed by atoms with E-state index in [0.717, 1.165) is 76.3 Å². The smallest absolute Gasteiger partial charge is 0.407 e. The summed E-state index contributed by atoms with van der Waals surface area (Å²) in [5, 5.41) is 2.76. The number of rotatable bonds is 9. The standard InChI is InChI=1S/C45H43N7O4/c1-25(26-9-5-3-6-10-26)43(53)51-36-20-32(36)23-39(51)42-47-33-18-17-30(19-34(33)48-42)27-13-15-28(16-14-27)35-24-46-41(49-35)38-22-31-21-37(31)52(38)44(54)40(50-45(55)56-2)29-11-7-4-8-12-29/h3-19,24-25,31-32,36-40H,20-23H2,1-2H3,(H,46,49)(H,47,48)(H,50,55)/t25-,31-,32-,36-,37-,38+,39+,40-/m1/s1. The molecule has 11 heteroatoms. The van der Waals surface area contributed by atoms with Crippen molar-refractivity contribution in [2.75, 3.05) is 7.11 Å². The highest BCUT2D eigenvalue weighted by Crippen LogP contribution is 2.55. The van der Waals surface area contributed by atoms with Crippen molar-refractivity contribution in [1.29, 1.82) is 0 Å². The van der Waals surface area contributed by atoms with Crippen LogP contribution in [-0.2, 0) is 14.3 Å². The molecule has 4 aromatic carbocycles. The SMILES string of the molecule is COC(=O)N[C@@H](C(=O)N1[C@@H]2C[C@@H]2C[C@H]1c1ncc(-c2ccc(-c3ccc4nc([C@@H]5C[C@H]6C[C@H]6N5C(=O)[C@H](C)c5ccccc5)[nH]c4c3)cc2)[nH]1)c1ccccc1. The van der Waals surface area contributed by atoms with Crippen LogP contribution in [0.1, 0.15) is 79.4 Å². The van der Waals surface area contributed by atoms with Crippen molar-refractivity contribution in [2.24, 2.45) is 11.8 Å². The third-order valence-corrected chi connectivity index (χ3v) is 12.5. The van der Waals surface area contributed by atoms with Crippen LogP contribution in [0, 0.1) is 11.8 Å². The van der Waals surface area contributed by atoms with Gasteiger partial charge in [-0.1, -0.05) is 91.0 Å². The molecule has 2 saturated carbocycles. The molecule has 56 heavy (non-hydrogen) atoms. The van der Waals surface area contributed by atoms with Crippen LogP contribution in [0.3, 0.4) is 0 Å². The van der Waals surface area contributed by atoms with Crippen LogP contribution in [0.5, 0.6) is 0 Å². The van der Waals surface area contributed by atoms with Gasteiger partial charge in [0, 0.05) is 12.1 Å². The molecule has 4 aliphatic rings. The summed E-state index contributed by atoms with van der Waals surface area (Å²) in [6.45, 7) is 2.01. The van der Waals surface area contributed by atoms with E-state index in [4.69, 9.17) is 14.7 Å². The Balaban J connectivity index is 0.856. The Kier molecular flexibility index (Phi) is 8.27. The van der Waals surface area contributed by atoms with E-state index in [1.165, 1.54) is 7.11 Å². The molecule has 0 spiro atoms. The molecule has 11 nitrogen and oxygen atoms in total. The van der Waals surface area contributed by atoms with Gasteiger partial charge in [-0.2, -0.15) is 0 Å². The zero-order chi connectivity index (χ0) is 38.1. The fourth-order valence-electron chi connectivity index (χ4n) is 9.26. The van der Waals surface area contributed by atoms with Gasteiger partial charge in [-0.15, -0.1) is 0 Å². The van der Waals surface area contributed by atoms with E-state index in [-0.39, 0.29) is 35.9 Å². The largest absolute Gasteiger partial charge is 0.453 e. The summed E-state index contributed by atoms with van der Waals surface area (Å²) in [6, 6.07) is 33.3. The average Bonchev–Trinajstić information content (AvgIpc) is 3.87. The number of carbonyl (C=O) groups excluding carboxylic acids is 3. The summed E-state index contributed by atoms with van der Waals surface area (Å²) in [4.78, 5) is 61.2. The average molecular weight is 746 g/mol. The number of carbonyl (C=O) groups is 3. The number of ether oxygens (including phenoxy) is 1. The van der Waals surface area contributed by atoms with Crippen molar-refractivity contribution in [3.8, 4) is 22.4 Å². The molecule has 0 radical (unpaired) electrons. The fraction of sp³-hybridized carbons (Fsp3) is 0.311. The number of nitrogens with one attached hydrogen (secondary N) is 3. The number of hydrogen-bond acceptors (Lipinski definition) is 6. The third kappa shape index (κ3) is 6.02. The molecular weight excluding hydrogens is 703 g/mol. The molecule has 3 amide bonds. The minimum absolute atomic E-state index is 0.0473. The summed E-state index contributed by atoms with van der Waals surface area (Å²) in [6.07, 6.45) is 4.98.